The van der Waals surface area contributed by atoms with Crippen molar-refractivity contribution in [1.82, 2.24) is 5.32 Å². The molecule has 1 rings (SSSR count). The molecule has 0 heterocycles. The van der Waals surface area contributed by atoms with Crippen LogP contribution in [0.4, 0.5) is 0 Å². The van der Waals surface area contributed by atoms with Crippen LogP contribution < -0.4 is 5.32 Å². The lowest BCUT2D eigenvalue weighted by Crippen LogP contribution is -2.42. The van der Waals surface area contributed by atoms with E-state index >= 15 is 0 Å². The molecule has 1 amide bonds. The molecule has 16 heavy (non-hydrogen) atoms. The normalized spacial score (nSPS) is 10.6. The van der Waals surface area contributed by atoms with Gasteiger partial charge in [0, 0.05) is 6.07 Å². The molecule has 0 radical (unpaired) electrons. The average Bonchev–Trinajstić information content (AvgIpc) is 2.16. The van der Waals surface area contributed by atoms with Gasteiger partial charge in [0.15, 0.2) is 0 Å². The number of hydrogen-bond acceptors (Lipinski definition) is 3. The fraction of sp³-hybridized carbons (Fsp3) is 0.250. The van der Waals surface area contributed by atoms with Crippen molar-refractivity contribution in [2.45, 2.75) is 19.4 Å². The summed E-state index contributed by atoms with van der Waals surface area (Å²) in [6.07, 6.45) is 5.23. The van der Waals surface area contributed by atoms with Gasteiger partial charge in [0.05, 0.1) is 11.1 Å². The highest BCUT2D eigenvalue weighted by Gasteiger charge is 2.20. The number of phenolic OH excluding ortho intramolecular Hbond substituents is 2. The fourth-order valence-corrected chi connectivity index (χ4v) is 1.10. The molecule has 3 N–H and O–H groups in total. The summed E-state index contributed by atoms with van der Waals surface area (Å²) in [7, 11) is 0. The van der Waals surface area contributed by atoms with Crippen LogP contribution in [0.5, 0.6) is 11.5 Å². The lowest BCUT2D eigenvalue weighted by molar-refractivity contribution is 0.0927. The molecule has 0 aliphatic carbocycles. The first-order chi connectivity index (χ1) is 7.35. The summed E-state index contributed by atoms with van der Waals surface area (Å²) in [6, 6.07) is 3.74. The Kier molecular flexibility index (Phi) is 3.09. The lowest BCUT2D eigenvalue weighted by atomic mass is 10.1. The topological polar surface area (TPSA) is 69.6 Å². The number of phenols is 2. The van der Waals surface area contributed by atoms with E-state index in [0.29, 0.717) is 0 Å². The summed E-state index contributed by atoms with van der Waals surface area (Å²) >= 11 is 0. The summed E-state index contributed by atoms with van der Waals surface area (Å²) in [5.41, 5.74) is -0.720. The first-order valence-corrected chi connectivity index (χ1v) is 4.68. The number of terminal acetylenes is 1. The molecule has 1 aromatic rings. The molecule has 0 aliphatic heterocycles. The van der Waals surface area contributed by atoms with E-state index < -0.39 is 11.4 Å². The molecular weight excluding hydrogens is 206 g/mol. The molecule has 1 aromatic carbocycles. The van der Waals surface area contributed by atoms with E-state index in [-0.39, 0.29) is 17.1 Å². The second-order valence-corrected chi connectivity index (χ2v) is 3.92. The van der Waals surface area contributed by atoms with Gasteiger partial charge in [-0.25, -0.2) is 0 Å². The van der Waals surface area contributed by atoms with Crippen LogP contribution in [0, 0.1) is 12.3 Å². The number of nitrogens with one attached hydrogen (secondary N) is 1. The Morgan fingerprint density at radius 2 is 2.06 bits per heavy atom. The summed E-state index contributed by atoms with van der Waals surface area (Å²) in [5.74, 6) is 1.53. The van der Waals surface area contributed by atoms with Crippen LogP contribution >= 0.6 is 0 Å². The maximum absolute atomic E-state index is 11.7. The van der Waals surface area contributed by atoms with E-state index in [9.17, 15) is 9.90 Å². The van der Waals surface area contributed by atoms with Crippen LogP contribution in [0.3, 0.4) is 0 Å². The Balaban J connectivity index is 2.95. The molecule has 0 saturated heterocycles. The van der Waals surface area contributed by atoms with Crippen molar-refractivity contribution in [1.29, 1.82) is 0 Å². The number of hydrogen-bond donors (Lipinski definition) is 3. The van der Waals surface area contributed by atoms with Crippen molar-refractivity contribution in [2.24, 2.45) is 0 Å². The maximum Gasteiger partial charge on any atom is 0.256 e. The molecule has 0 spiro atoms. The molecule has 0 atom stereocenters. The van der Waals surface area contributed by atoms with E-state index in [1.54, 1.807) is 13.8 Å². The Morgan fingerprint density at radius 3 is 2.56 bits per heavy atom. The largest absolute Gasteiger partial charge is 0.508 e. The summed E-state index contributed by atoms with van der Waals surface area (Å²) in [5, 5.41) is 21.1. The highest BCUT2D eigenvalue weighted by molar-refractivity contribution is 5.97. The third-order valence-electron chi connectivity index (χ3n) is 2.01. The molecule has 4 nitrogen and oxygen atoms in total. The van der Waals surface area contributed by atoms with E-state index in [1.807, 2.05) is 0 Å². The van der Waals surface area contributed by atoms with Gasteiger partial charge in [-0.15, -0.1) is 6.42 Å². The SMILES string of the molecule is C#CC(C)(C)NC(=O)c1ccc(O)cc1O. The van der Waals surface area contributed by atoms with Gasteiger partial charge in [-0.2, -0.15) is 0 Å². The molecule has 0 saturated carbocycles. The Morgan fingerprint density at radius 1 is 1.44 bits per heavy atom. The van der Waals surface area contributed by atoms with Gasteiger partial charge < -0.3 is 15.5 Å². The van der Waals surface area contributed by atoms with Crippen molar-refractivity contribution >= 4 is 5.91 Å². The minimum atomic E-state index is -0.790. The van der Waals surface area contributed by atoms with Gasteiger partial charge >= 0.3 is 0 Å². The minimum absolute atomic E-state index is 0.0705. The predicted molar refractivity (Wildman–Crippen MR) is 60.1 cm³/mol. The number of benzene rings is 1. The number of rotatable bonds is 2. The van der Waals surface area contributed by atoms with E-state index in [2.05, 4.69) is 11.2 Å². The molecule has 0 aromatic heterocycles. The summed E-state index contributed by atoms with van der Waals surface area (Å²) < 4.78 is 0. The smallest absolute Gasteiger partial charge is 0.256 e. The van der Waals surface area contributed by atoms with E-state index in [1.165, 1.54) is 12.1 Å². The van der Waals surface area contributed by atoms with Gasteiger partial charge in [-0.05, 0) is 26.0 Å². The van der Waals surface area contributed by atoms with Crippen LogP contribution in [0.1, 0.15) is 24.2 Å². The van der Waals surface area contributed by atoms with Crippen LogP contribution in [0.2, 0.25) is 0 Å². The van der Waals surface area contributed by atoms with Gasteiger partial charge in [0.2, 0.25) is 0 Å². The molecule has 84 valence electrons. The number of amides is 1. The van der Waals surface area contributed by atoms with Crippen molar-refractivity contribution in [3.05, 3.63) is 23.8 Å². The van der Waals surface area contributed by atoms with Crippen LogP contribution in [0.25, 0.3) is 0 Å². The first-order valence-electron chi connectivity index (χ1n) is 4.68. The standard InChI is InChI=1S/C12H13NO3/c1-4-12(2,3)13-11(16)9-6-5-8(14)7-10(9)15/h1,5-7,14-15H,2-3H3,(H,13,16). The molecule has 4 heteroatoms. The van der Waals surface area contributed by atoms with Gasteiger partial charge in [0.25, 0.3) is 5.91 Å². The second kappa shape index (κ2) is 4.15. The predicted octanol–water partition coefficient (Wildman–Crippen LogP) is 1.24. The van der Waals surface area contributed by atoms with Crippen LogP contribution in [-0.2, 0) is 0 Å². The second-order valence-electron chi connectivity index (χ2n) is 3.92. The number of carbonyl (C=O) groups excluding carboxylic acids is 1. The average molecular weight is 219 g/mol. The fourth-order valence-electron chi connectivity index (χ4n) is 1.10. The Hall–Kier alpha value is -2.15. The highest BCUT2D eigenvalue weighted by Crippen LogP contribution is 2.22. The van der Waals surface area contributed by atoms with Gasteiger partial charge in [0.1, 0.15) is 11.5 Å². The number of carbonyl (C=O) groups is 1. The summed E-state index contributed by atoms with van der Waals surface area (Å²) in [4.78, 5) is 11.7. The van der Waals surface area contributed by atoms with Crippen molar-refractivity contribution < 1.29 is 15.0 Å². The third-order valence-corrected chi connectivity index (χ3v) is 2.01. The Labute approximate surface area is 93.9 Å². The van der Waals surface area contributed by atoms with Crippen molar-refractivity contribution in [2.75, 3.05) is 0 Å². The maximum atomic E-state index is 11.7. The molecule has 0 bridgehead atoms. The van der Waals surface area contributed by atoms with E-state index in [4.69, 9.17) is 11.5 Å². The van der Waals surface area contributed by atoms with Crippen molar-refractivity contribution in [3.8, 4) is 23.8 Å². The number of aromatic hydroxyl groups is 2. The van der Waals surface area contributed by atoms with Crippen LogP contribution in [0.15, 0.2) is 18.2 Å². The Bertz CT molecular complexity index is 458. The lowest BCUT2D eigenvalue weighted by Gasteiger charge is -2.19. The van der Waals surface area contributed by atoms with Gasteiger partial charge in [-0.3, -0.25) is 4.79 Å². The van der Waals surface area contributed by atoms with E-state index in [0.717, 1.165) is 6.07 Å². The monoisotopic (exact) mass is 219 g/mol. The summed E-state index contributed by atoms with van der Waals surface area (Å²) in [6.45, 7) is 3.34. The zero-order valence-corrected chi connectivity index (χ0v) is 9.11. The van der Waals surface area contributed by atoms with Crippen molar-refractivity contribution in [3.63, 3.8) is 0 Å². The first kappa shape index (κ1) is 11.9. The molecule has 0 aliphatic rings. The third kappa shape index (κ3) is 2.67. The minimum Gasteiger partial charge on any atom is -0.508 e. The quantitative estimate of drug-likeness (QED) is 0.655. The molecular formula is C12H13NO3. The van der Waals surface area contributed by atoms with Gasteiger partial charge in [-0.1, -0.05) is 5.92 Å². The highest BCUT2D eigenvalue weighted by atomic mass is 16.3. The zero-order chi connectivity index (χ0) is 12.3. The molecule has 0 fully saturated rings. The van der Waals surface area contributed by atoms with Crippen LogP contribution in [-0.4, -0.2) is 21.7 Å². The zero-order valence-electron chi connectivity index (χ0n) is 9.11. The molecule has 0 unspecified atom stereocenters.